The van der Waals surface area contributed by atoms with Crippen LogP contribution < -0.4 is 31.9 Å². The number of amides is 6. The fourth-order valence-corrected chi connectivity index (χ4v) is 7.01. The summed E-state index contributed by atoms with van der Waals surface area (Å²) in [5, 5.41) is 57.0. The number of urea groups is 2. The molecular formula is C40H54F6N6O11. The van der Waals surface area contributed by atoms with E-state index in [1.54, 1.807) is 6.92 Å². The van der Waals surface area contributed by atoms with Gasteiger partial charge in [-0.2, -0.15) is 26.3 Å². The molecule has 0 saturated carbocycles. The summed E-state index contributed by atoms with van der Waals surface area (Å²) in [6, 6.07) is -0.934. The van der Waals surface area contributed by atoms with Crippen LogP contribution in [0.15, 0.2) is 48.5 Å². The Bertz CT molecular complexity index is 1830. The number of carbonyl (C=O) groups excluding carboxylic acids is 4. The van der Waals surface area contributed by atoms with Gasteiger partial charge in [-0.05, 0) is 49.2 Å². The number of alkyl halides is 6. The summed E-state index contributed by atoms with van der Waals surface area (Å²) in [5.74, 6) is -1.21. The maximum Gasteiger partial charge on any atom is 0.416 e. The molecule has 0 aliphatic carbocycles. The fraction of sp³-hybridized carbons (Fsp3) is 0.600. The first kappa shape index (κ1) is 50.9. The third-order valence-corrected chi connectivity index (χ3v) is 10.4. The number of unbranched alkanes of at least 4 members (excludes halogenated alkanes) is 4. The number of hydrogen-bond donors (Lipinski definition) is 10. The van der Waals surface area contributed by atoms with Crippen LogP contribution in [0.5, 0.6) is 0 Å². The molecule has 4 rings (SSSR count). The Hall–Kier alpha value is -4.78. The van der Waals surface area contributed by atoms with Gasteiger partial charge in [-0.15, -0.1) is 0 Å². The lowest BCUT2D eigenvalue weighted by atomic mass is 9.93. The molecule has 23 heteroatoms. The van der Waals surface area contributed by atoms with E-state index >= 15 is 0 Å². The third kappa shape index (κ3) is 14.6. The number of carbonyl (C=O) groups is 4. The van der Waals surface area contributed by atoms with E-state index in [2.05, 4.69) is 31.9 Å². The Labute approximate surface area is 358 Å². The molecule has 0 aromatic heterocycles. The molecular weight excluding hydrogens is 854 g/mol. The van der Waals surface area contributed by atoms with Crippen molar-refractivity contribution < 1.29 is 80.2 Å². The second-order valence-corrected chi connectivity index (χ2v) is 15.1. The van der Waals surface area contributed by atoms with E-state index in [0.717, 1.165) is 56.0 Å². The zero-order valence-electron chi connectivity index (χ0n) is 34.4. The monoisotopic (exact) mass is 908 g/mol. The van der Waals surface area contributed by atoms with Crippen molar-refractivity contribution in [3.8, 4) is 0 Å². The van der Waals surface area contributed by atoms with Crippen molar-refractivity contribution in [1.29, 1.82) is 0 Å². The summed E-state index contributed by atoms with van der Waals surface area (Å²) >= 11 is 0. The van der Waals surface area contributed by atoms with Gasteiger partial charge in [-0.25, -0.2) is 9.59 Å². The minimum Gasteiger partial charge on any atom is -0.394 e. The topological polar surface area (TPSA) is 249 Å². The number of hydrogen-bond acceptors (Lipinski definition) is 11. The lowest BCUT2D eigenvalue weighted by molar-refractivity contribution is -0.293. The van der Waals surface area contributed by atoms with E-state index in [4.69, 9.17) is 14.2 Å². The third-order valence-electron chi connectivity index (χ3n) is 10.4. The predicted octanol–water partition coefficient (Wildman–Crippen LogP) is 3.36. The van der Waals surface area contributed by atoms with Gasteiger partial charge in [0.25, 0.3) is 0 Å². The smallest absolute Gasteiger partial charge is 0.394 e. The number of benzene rings is 2. The SMILES string of the molecule is CCCCCCCC(=O)N[C@@H](CC)C(=O)N[C@H]1C(CO)OCC(NC(=O)Nc2cccc(C(F)(F)F)c2)[C@H]1O[C@@H]1OC(CO)[C@H](O)[C@H](O)C1NC(=O)Nc1cccc(C(F)(F)F)c1. The largest absolute Gasteiger partial charge is 0.416 e. The molecule has 2 aromatic rings. The Morgan fingerprint density at radius 2 is 1.33 bits per heavy atom. The van der Waals surface area contributed by atoms with Crippen LogP contribution in [0.2, 0.25) is 0 Å². The molecule has 2 saturated heterocycles. The van der Waals surface area contributed by atoms with Crippen LogP contribution in [-0.4, -0.2) is 125 Å². The van der Waals surface area contributed by atoms with Crippen LogP contribution in [0.1, 0.15) is 69.9 Å². The number of aliphatic hydroxyl groups excluding tert-OH is 4. The van der Waals surface area contributed by atoms with Gasteiger partial charge in [0.1, 0.15) is 42.6 Å². The summed E-state index contributed by atoms with van der Waals surface area (Å²) in [5.41, 5.74) is -2.79. The highest BCUT2D eigenvalue weighted by molar-refractivity contribution is 5.90. The highest BCUT2D eigenvalue weighted by Crippen LogP contribution is 2.33. The molecule has 17 nitrogen and oxygen atoms in total. The number of anilines is 2. The normalized spacial score (nSPS) is 25.6. The van der Waals surface area contributed by atoms with Crippen LogP contribution in [0.4, 0.5) is 47.3 Å². The molecule has 0 radical (unpaired) electrons. The van der Waals surface area contributed by atoms with Gasteiger partial charge < -0.3 is 66.5 Å². The number of rotatable bonds is 18. The zero-order chi connectivity index (χ0) is 46.5. The molecule has 6 amide bonds. The highest BCUT2D eigenvalue weighted by Gasteiger charge is 2.51. The standard InChI is InChI=1S/C40H54F6N6O11/c1-3-5-6-7-8-15-29(55)49-25(4-2)35(58)51-30-27(18-53)61-20-26(50-37(59)47-23-13-9-11-21(16-23)39(41,42)43)34(30)63-36-31(33(57)32(56)28(19-54)62-36)52-38(60)48-24-14-10-12-22(17-24)40(44,45)46/h9-14,16-17,25-28,30-34,36,53-54,56-57H,3-8,15,18-20H2,1-2H3,(H,49,55)(H,51,58)(H2,47,50,59)(H2,48,52,60)/t25-,26?,27?,28?,30-,31?,32-,33+,34+,36-/m0/s1. The quantitative estimate of drug-likeness (QED) is 0.0768. The Balaban J connectivity index is 1.65. The Morgan fingerprint density at radius 3 is 1.87 bits per heavy atom. The second-order valence-electron chi connectivity index (χ2n) is 15.1. The molecule has 2 fully saturated rings. The number of aliphatic hydroxyl groups is 4. The van der Waals surface area contributed by atoms with Crippen LogP contribution in [-0.2, 0) is 36.2 Å². The van der Waals surface area contributed by atoms with Crippen molar-refractivity contribution >= 4 is 35.3 Å². The fourth-order valence-electron chi connectivity index (χ4n) is 7.01. The highest BCUT2D eigenvalue weighted by atomic mass is 19.4. The summed E-state index contributed by atoms with van der Waals surface area (Å²) in [6.45, 7) is 1.44. The van der Waals surface area contributed by atoms with Crippen LogP contribution in [0, 0.1) is 0 Å². The molecule has 2 aromatic carbocycles. The van der Waals surface area contributed by atoms with Crippen LogP contribution in [0.25, 0.3) is 0 Å². The van der Waals surface area contributed by atoms with Gasteiger partial charge in [0.2, 0.25) is 11.8 Å². The van der Waals surface area contributed by atoms with Crippen molar-refractivity contribution in [2.24, 2.45) is 0 Å². The molecule has 10 N–H and O–H groups in total. The predicted molar refractivity (Wildman–Crippen MR) is 212 cm³/mol. The van der Waals surface area contributed by atoms with Crippen molar-refractivity contribution in [2.45, 2.75) is 132 Å². The molecule has 2 aliphatic rings. The molecule has 4 unspecified atom stereocenters. The second kappa shape index (κ2) is 23.2. The van der Waals surface area contributed by atoms with Gasteiger partial charge in [0.15, 0.2) is 6.29 Å². The van der Waals surface area contributed by atoms with Crippen molar-refractivity contribution in [3.05, 3.63) is 59.7 Å². The van der Waals surface area contributed by atoms with Crippen LogP contribution in [0.3, 0.4) is 0 Å². The van der Waals surface area contributed by atoms with Crippen molar-refractivity contribution in [2.75, 3.05) is 30.5 Å². The summed E-state index contributed by atoms with van der Waals surface area (Å²) in [7, 11) is 0. The van der Waals surface area contributed by atoms with Gasteiger partial charge >= 0.3 is 24.4 Å². The summed E-state index contributed by atoms with van der Waals surface area (Å²) in [4.78, 5) is 53.3. The first-order valence-electron chi connectivity index (χ1n) is 20.4. The molecule has 2 heterocycles. The molecule has 63 heavy (non-hydrogen) atoms. The molecule has 0 spiro atoms. The molecule has 352 valence electrons. The van der Waals surface area contributed by atoms with Crippen molar-refractivity contribution in [1.82, 2.24) is 21.3 Å². The lowest BCUT2D eigenvalue weighted by Crippen LogP contribution is -2.71. The maximum absolute atomic E-state index is 13.9. The minimum absolute atomic E-state index is 0.0817. The average Bonchev–Trinajstić information content (AvgIpc) is 3.22. The van der Waals surface area contributed by atoms with Gasteiger partial charge in [-0.3, -0.25) is 9.59 Å². The average molecular weight is 909 g/mol. The van der Waals surface area contributed by atoms with E-state index in [1.807, 2.05) is 6.92 Å². The minimum atomic E-state index is -4.77. The van der Waals surface area contributed by atoms with Crippen molar-refractivity contribution in [3.63, 3.8) is 0 Å². The Kier molecular flexibility index (Phi) is 18.8. The first-order valence-corrected chi connectivity index (χ1v) is 20.4. The summed E-state index contributed by atoms with van der Waals surface area (Å²) in [6.07, 6.45) is -15.3. The number of nitrogens with one attached hydrogen (secondary N) is 6. The van der Waals surface area contributed by atoms with E-state index < -0.39 is 128 Å². The number of halogens is 6. The molecule has 0 bridgehead atoms. The number of ether oxygens (including phenoxy) is 3. The Morgan fingerprint density at radius 1 is 0.762 bits per heavy atom. The molecule has 10 atom stereocenters. The van der Waals surface area contributed by atoms with Gasteiger partial charge in [0, 0.05) is 17.8 Å². The lowest BCUT2D eigenvalue weighted by Gasteiger charge is -2.47. The van der Waals surface area contributed by atoms with E-state index in [-0.39, 0.29) is 24.2 Å². The first-order chi connectivity index (χ1) is 29.8. The van der Waals surface area contributed by atoms with Gasteiger partial charge in [0.05, 0.1) is 43.0 Å². The zero-order valence-corrected chi connectivity index (χ0v) is 34.4. The summed E-state index contributed by atoms with van der Waals surface area (Å²) < 4.78 is 98.2. The van der Waals surface area contributed by atoms with Gasteiger partial charge in [-0.1, -0.05) is 51.7 Å². The van der Waals surface area contributed by atoms with E-state index in [0.29, 0.717) is 18.6 Å². The van der Waals surface area contributed by atoms with Crippen LogP contribution >= 0.6 is 0 Å². The van der Waals surface area contributed by atoms with E-state index in [1.165, 1.54) is 6.07 Å². The van der Waals surface area contributed by atoms with E-state index in [9.17, 15) is 65.9 Å². The molecule has 2 aliphatic heterocycles. The maximum atomic E-state index is 13.9.